The Morgan fingerprint density at radius 1 is 1.24 bits per heavy atom. The van der Waals surface area contributed by atoms with Gasteiger partial charge in [0.15, 0.2) is 0 Å². The molecule has 5 heteroatoms. The van der Waals surface area contributed by atoms with Gasteiger partial charge in [-0.1, -0.05) is 0 Å². The van der Waals surface area contributed by atoms with E-state index in [1.807, 2.05) is 0 Å². The van der Waals surface area contributed by atoms with Crippen molar-refractivity contribution in [2.24, 2.45) is 0 Å². The Balaban J connectivity index is 1.76. The van der Waals surface area contributed by atoms with Gasteiger partial charge in [0.2, 0.25) is 0 Å². The van der Waals surface area contributed by atoms with E-state index in [0.29, 0.717) is 5.56 Å². The van der Waals surface area contributed by atoms with Crippen LogP contribution in [-0.4, -0.2) is 48.2 Å². The van der Waals surface area contributed by atoms with Crippen molar-refractivity contribution in [2.45, 2.75) is 18.9 Å². The van der Waals surface area contributed by atoms with Gasteiger partial charge in [-0.15, -0.1) is 0 Å². The molecule has 0 unspecified atom stereocenters. The Morgan fingerprint density at radius 3 is 2.57 bits per heavy atom. The third-order valence-electron chi connectivity index (χ3n) is 4.11. The first-order valence-corrected chi connectivity index (χ1v) is 7.33. The largest absolute Gasteiger partial charge is 0.478 e. The standard InChI is InChI=1S/C16H19FN2O2/c17-13-2-5-15(12(11-13)1-6-16(20)21)19-9-7-18(8-10-19)14-3-4-14/h1-2,5-6,11,14H,3-4,7-10H2,(H,20,21). The fraction of sp³-hybridized carbons (Fsp3) is 0.438. The zero-order chi connectivity index (χ0) is 14.8. The molecule has 2 fully saturated rings. The van der Waals surface area contributed by atoms with Gasteiger partial charge in [0, 0.05) is 49.5 Å². The number of rotatable bonds is 4. The first kappa shape index (κ1) is 14.1. The van der Waals surface area contributed by atoms with Gasteiger partial charge in [-0.25, -0.2) is 9.18 Å². The predicted octanol–water partition coefficient (Wildman–Crippen LogP) is 2.21. The lowest BCUT2D eigenvalue weighted by Gasteiger charge is -2.37. The molecule has 3 rings (SSSR count). The number of carboxylic acids is 1. The maximum atomic E-state index is 13.4. The molecule has 1 saturated carbocycles. The zero-order valence-corrected chi connectivity index (χ0v) is 11.8. The van der Waals surface area contributed by atoms with Gasteiger partial charge in [-0.2, -0.15) is 0 Å². The number of nitrogens with zero attached hydrogens (tertiary/aromatic N) is 2. The van der Waals surface area contributed by atoms with Crippen LogP contribution in [0.4, 0.5) is 10.1 Å². The second kappa shape index (κ2) is 5.85. The minimum absolute atomic E-state index is 0.347. The van der Waals surface area contributed by atoms with Crippen LogP contribution in [0, 0.1) is 5.82 Å². The number of benzene rings is 1. The SMILES string of the molecule is O=C(O)C=Cc1cc(F)ccc1N1CCN(C2CC2)CC1. The van der Waals surface area contributed by atoms with Crippen LogP contribution in [0.2, 0.25) is 0 Å². The minimum Gasteiger partial charge on any atom is -0.478 e. The van der Waals surface area contributed by atoms with Gasteiger partial charge in [0.05, 0.1) is 0 Å². The van der Waals surface area contributed by atoms with E-state index in [0.717, 1.165) is 44.0 Å². The maximum absolute atomic E-state index is 13.4. The highest BCUT2D eigenvalue weighted by Gasteiger charge is 2.31. The number of anilines is 1. The Kier molecular flexibility index (Phi) is 3.92. The summed E-state index contributed by atoms with van der Waals surface area (Å²) in [5.41, 5.74) is 1.53. The summed E-state index contributed by atoms with van der Waals surface area (Å²) in [6, 6.07) is 5.33. The number of halogens is 1. The summed E-state index contributed by atoms with van der Waals surface area (Å²) < 4.78 is 13.4. The molecular weight excluding hydrogens is 271 g/mol. The van der Waals surface area contributed by atoms with E-state index in [9.17, 15) is 9.18 Å². The van der Waals surface area contributed by atoms with Gasteiger partial charge >= 0.3 is 5.97 Å². The third-order valence-corrected chi connectivity index (χ3v) is 4.11. The monoisotopic (exact) mass is 290 g/mol. The van der Waals surface area contributed by atoms with Crippen molar-refractivity contribution >= 4 is 17.7 Å². The van der Waals surface area contributed by atoms with Crippen molar-refractivity contribution < 1.29 is 14.3 Å². The number of hydrogen-bond donors (Lipinski definition) is 1. The molecule has 0 radical (unpaired) electrons. The molecule has 1 aromatic carbocycles. The topological polar surface area (TPSA) is 43.8 Å². The minimum atomic E-state index is -1.02. The lowest BCUT2D eigenvalue weighted by Crippen LogP contribution is -2.47. The number of carboxylic acid groups (broad SMARTS) is 1. The molecule has 0 spiro atoms. The van der Waals surface area contributed by atoms with Crippen molar-refractivity contribution in [1.29, 1.82) is 0 Å². The summed E-state index contributed by atoms with van der Waals surface area (Å²) in [6.45, 7) is 3.83. The average molecular weight is 290 g/mol. The van der Waals surface area contributed by atoms with E-state index in [2.05, 4.69) is 9.80 Å². The summed E-state index contributed by atoms with van der Waals surface area (Å²) in [6.07, 6.45) is 5.14. The van der Waals surface area contributed by atoms with Crippen LogP contribution in [-0.2, 0) is 4.79 Å². The van der Waals surface area contributed by atoms with E-state index in [1.54, 1.807) is 6.07 Å². The smallest absolute Gasteiger partial charge is 0.328 e. The number of piperazine rings is 1. The van der Waals surface area contributed by atoms with Crippen LogP contribution in [0.5, 0.6) is 0 Å². The molecule has 4 nitrogen and oxygen atoms in total. The molecule has 1 saturated heterocycles. The van der Waals surface area contributed by atoms with Crippen molar-refractivity contribution in [2.75, 3.05) is 31.1 Å². The highest BCUT2D eigenvalue weighted by atomic mass is 19.1. The van der Waals surface area contributed by atoms with Crippen molar-refractivity contribution in [3.63, 3.8) is 0 Å². The second-order valence-corrected chi connectivity index (χ2v) is 5.63. The zero-order valence-electron chi connectivity index (χ0n) is 11.8. The molecule has 1 heterocycles. The van der Waals surface area contributed by atoms with Gasteiger partial charge < -0.3 is 10.0 Å². The molecule has 21 heavy (non-hydrogen) atoms. The van der Waals surface area contributed by atoms with E-state index in [1.165, 1.54) is 31.1 Å². The van der Waals surface area contributed by atoms with E-state index in [4.69, 9.17) is 5.11 Å². The summed E-state index contributed by atoms with van der Waals surface area (Å²) in [7, 11) is 0. The van der Waals surface area contributed by atoms with Crippen LogP contribution in [0.1, 0.15) is 18.4 Å². The Hall–Kier alpha value is -1.88. The summed E-state index contributed by atoms with van der Waals surface area (Å²) in [5.74, 6) is -1.37. The molecular formula is C16H19FN2O2. The average Bonchev–Trinajstić information content (AvgIpc) is 3.30. The van der Waals surface area contributed by atoms with Gasteiger partial charge in [-0.05, 0) is 37.1 Å². The van der Waals surface area contributed by atoms with Crippen LogP contribution in [0.3, 0.4) is 0 Å². The number of aliphatic carboxylic acids is 1. The summed E-state index contributed by atoms with van der Waals surface area (Å²) >= 11 is 0. The van der Waals surface area contributed by atoms with Gasteiger partial charge in [0.25, 0.3) is 0 Å². The lowest BCUT2D eigenvalue weighted by molar-refractivity contribution is -0.131. The Morgan fingerprint density at radius 2 is 1.95 bits per heavy atom. The van der Waals surface area contributed by atoms with Crippen LogP contribution in [0.25, 0.3) is 6.08 Å². The Bertz CT molecular complexity index is 561. The van der Waals surface area contributed by atoms with Crippen molar-refractivity contribution in [3.8, 4) is 0 Å². The van der Waals surface area contributed by atoms with E-state index >= 15 is 0 Å². The van der Waals surface area contributed by atoms with Crippen molar-refractivity contribution in [3.05, 3.63) is 35.7 Å². The molecule has 0 amide bonds. The molecule has 0 bridgehead atoms. The Labute approximate surface area is 123 Å². The number of hydrogen-bond acceptors (Lipinski definition) is 3. The molecule has 2 aliphatic rings. The lowest BCUT2D eigenvalue weighted by atomic mass is 10.1. The molecule has 1 aliphatic heterocycles. The summed E-state index contributed by atoms with van der Waals surface area (Å²) in [4.78, 5) is 15.4. The van der Waals surface area contributed by atoms with E-state index in [-0.39, 0.29) is 5.82 Å². The first-order valence-electron chi connectivity index (χ1n) is 7.33. The highest BCUT2D eigenvalue weighted by molar-refractivity contribution is 5.87. The second-order valence-electron chi connectivity index (χ2n) is 5.63. The van der Waals surface area contributed by atoms with Crippen LogP contribution >= 0.6 is 0 Å². The summed E-state index contributed by atoms with van der Waals surface area (Å²) in [5, 5.41) is 8.75. The molecule has 1 aliphatic carbocycles. The van der Waals surface area contributed by atoms with E-state index < -0.39 is 5.97 Å². The normalized spacial score (nSPS) is 20.1. The predicted molar refractivity (Wildman–Crippen MR) is 79.9 cm³/mol. The molecule has 0 aromatic heterocycles. The van der Waals surface area contributed by atoms with Crippen LogP contribution in [0.15, 0.2) is 24.3 Å². The molecule has 1 N–H and O–H groups in total. The number of carbonyl (C=O) groups is 1. The fourth-order valence-electron chi connectivity index (χ4n) is 2.88. The van der Waals surface area contributed by atoms with Gasteiger partial charge in [-0.3, -0.25) is 4.90 Å². The fourth-order valence-corrected chi connectivity index (χ4v) is 2.88. The molecule has 1 aromatic rings. The third kappa shape index (κ3) is 3.42. The first-order chi connectivity index (χ1) is 10.1. The van der Waals surface area contributed by atoms with Crippen molar-refractivity contribution in [1.82, 2.24) is 4.90 Å². The van der Waals surface area contributed by atoms with Crippen LogP contribution < -0.4 is 4.90 Å². The molecule has 112 valence electrons. The molecule has 0 atom stereocenters. The maximum Gasteiger partial charge on any atom is 0.328 e. The highest BCUT2D eigenvalue weighted by Crippen LogP contribution is 2.30. The quantitative estimate of drug-likeness (QED) is 0.864. The van der Waals surface area contributed by atoms with Gasteiger partial charge in [0.1, 0.15) is 5.82 Å².